The van der Waals surface area contributed by atoms with E-state index in [1.807, 2.05) is 37.3 Å². The molecule has 0 spiro atoms. The lowest BCUT2D eigenvalue weighted by Crippen LogP contribution is -2.45. The van der Waals surface area contributed by atoms with Gasteiger partial charge in [0.15, 0.2) is 11.7 Å². The predicted molar refractivity (Wildman–Crippen MR) is 128 cm³/mol. The molecule has 8 heteroatoms. The third-order valence-corrected chi connectivity index (χ3v) is 5.37. The number of hydrogen-bond acceptors (Lipinski definition) is 4. The van der Waals surface area contributed by atoms with E-state index in [0.717, 1.165) is 12.0 Å². The number of nitrogens with zero attached hydrogens (tertiary/aromatic N) is 1. The van der Waals surface area contributed by atoms with Crippen LogP contribution in [0.1, 0.15) is 52.0 Å². The average molecular weight is 446 g/mol. The highest BCUT2D eigenvalue weighted by molar-refractivity contribution is 5.92. The topological polar surface area (TPSA) is 140 Å². The van der Waals surface area contributed by atoms with Gasteiger partial charge in [-0.3, -0.25) is 19.4 Å². The van der Waals surface area contributed by atoms with E-state index >= 15 is 0 Å². The first-order valence-electron chi connectivity index (χ1n) is 11.3. The van der Waals surface area contributed by atoms with E-state index < -0.39 is 17.9 Å². The molecule has 0 aromatic heterocycles. The predicted octanol–water partition coefficient (Wildman–Crippen LogP) is 1.77. The number of nitrogens with two attached hydrogens (primary N) is 2. The van der Waals surface area contributed by atoms with Crippen LogP contribution >= 0.6 is 0 Å². The maximum atomic E-state index is 13.1. The molecule has 178 valence electrons. The zero-order valence-electron chi connectivity index (χ0n) is 19.8. The van der Waals surface area contributed by atoms with Gasteiger partial charge in [-0.1, -0.05) is 51.1 Å². The fraction of sp³-hybridized carbons (Fsp3) is 0.583. The van der Waals surface area contributed by atoms with Crippen molar-refractivity contribution in [3.05, 3.63) is 35.9 Å². The summed E-state index contributed by atoms with van der Waals surface area (Å²) in [6.45, 7) is 6.49. The van der Waals surface area contributed by atoms with Crippen LogP contribution in [0.3, 0.4) is 0 Å². The number of ketones is 1. The largest absolute Gasteiger partial charge is 0.370 e. The molecule has 8 nitrogen and oxygen atoms in total. The number of guanidine groups is 1. The maximum absolute atomic E-state index is 13.1. The fourth-order valence-corrected chi connectivity index (χ4v) is 3.60. The summed E-state index contributed by atoms with van der Waals surface area (Å²) in [7, 11) is 1.59. The normalized spacial score (nSPS) is 14.5. The van der Waals surface area contributed by atoms with Crippen LogP contribution < -0.4 is 22.1 Å². The second-order valence-electron chi connectivity index (χ2n) is 8.73. The van der Waals surface area contributed by atoms with Gasteiger partial charge in [0, 0.05) is 31.8 Å². The van der Waals surface area contributed by atoms with E-state index in [-0.39, 0.29) is 24.0 Å². The first kappa shape index (κ1) is 27.1. The standard InChI is InChI=1S/C24H39N5O3/c1-16(2)13-17(3)23(32)29-20(11-8-12-28-24(26)27-4)21(30)15-19(22(25)31)14-18-9-6-5-7-10-18/h5-7,9-10,16-17,19-20H,8,11-15H2,1-4H3,(H2,25,31)(H,29,32)(H3,26,27,28)/t17-,19+,20-/m0/s1. The molecule has 0 saturated carbocycles. The molecule has 0 aliphatic heterocycles. The van der Waals surface area contributed by atoms with Crippen molar-refractivity contribution in [2.75, 3.05) is 13.6 Å². The van der Waals surface area contributed by atoms with Crippen LogP contribution in [0.15, 0.2) is 35.3 Å². The highest BCUT2D eigenvalue weighted by atomic mass is 16.2. The van der Waals surface area contributed by atoms with Crippen LogP contribution in [0.5, 0.6) is 0 Å². The summed E-state index contributed by atoms with van der Waals surface area (Å²) in [5, 5.41) is 5.85. The number of nitrogens with one attached hydrogen (secondary N) is 2. The molecule has 0 aliphatic carbocycles. The molecule has 1 aromatic carbocycles. The number of rotatable bonds is 14. The molecular weight excluding hydrogens is 406 g/mol. The minimum absolute atomic E-state index is 0.0142. The number of amides is 2. The highest BCUT2D eigenvalue weighted by Gasteiger charge is 2.28. The summed E-state index contributed by atoms with van der Waals surface area (Å²) < 4.78 is 0. The van der Waals surface area contributed by atoms with Gasteiger partial charge in [-0.15, -0.1) is 0 Å². The van der Waals surface area contributed by atoms with E-state index in [9.17, 15) is 14.4 Å². The Kier molecular flexibility index (Phi) is 12.1. The van der Waals surface area contributed by atoms with Crippen LogP contribution in [0.2, 0.25) is 0 Å². The van der Waals surface area contributed by atoms with Crippen molar-refractivity contribution < 1.29 is 14.4 Å². The Morgan fingerprint density at radius 1 is 1.06 bits per heavy atom. The summed E-state index contributed by atoms with van der Waals surface area (Å²) in [5.41, 5.74) is 12.2. The molecule has 1 aromatic rings. The molecule has 0 fully saturated rings. The van der Waals surface area contributed by atoms with Gasteiger partial charge in [0.25, 0.3) is 0 Å². The van der Waals surface area contributed by atoms with Gasteiger partial charge in [0.05, 0.1) is 6.04 Å². The Balaban J connectivity index is 2.85. The minimum atomic E-state index is -0.684. The van der Waals surface area contributed by atoms with Crippen molar-refractivity contribution in [1.29, 1.82) is 0 Å². The first-order chi connectivity index (χ1) is 15.1. The molecule has 32 heavy (non-hydrogen) atoms. The highest BCUT2D eigenvalue weighted by Crippen LogP contribution is 2.16. The van der Waals surface area contributed by atoms with Crippen molar-refractivity contribution in [3.63, 3.8) is 0 Å². The van der Waals surface area contributed by atoms with Crippen LogP contribution in [0.25, 0.3) is 0 Å². The van der Waals surface area contributed by atoms with Crippen LogP contribution in [-0.2, 0) is 20.8 Å². The zero-order chi connectivity index (χ0) is 24.1. The molecule has 0 aliphatic rings. The van der Waals surface area contributed by atoms with Crippen LogP contribution in [0, 0.1) is 17.8 Å². The lowest BCUT2D eigenvalue weighted by atomic mass is 9.90. The van der Waals surface area contributed by atoms with E-state index in [4.69, 9.17) is 11.5 Å². The Morgan fingerprint density at radius 3 is 2.28 bits per heavy atom. The van der Waals surface area contributed by atoms with Crippen molar-refractivity contribution in [2.45, 2.75) is 58.9 Å². The first-order valence-corrected chi connectivity index (χ1v) is 11.3. The fourth-order valence-electron chi connectivity index (χ4n) is 3.60. The smallest absolute Gasteiger partial charge is 0.223 e. The SMILES string of the molecule is CN=C(N)NCCC[C@H](NC(=O)[C@@H](C)CC(C)C)C(=O)C[C@@H](Cc1ccccc1)C(N)=O. The van der Waals surface area contributed by atoms with Gasteiger partial charge in [-0.25, -0.2) is 0 Å². The Bertz CT molecular complexity index is 764. The zero-order valence-corrected chi connectivity index (χ0v) is 19.8. The van der Waals surface area contributed by atoms with Crippen molar-refractivity contribution in [1.82, 2.24) is 10.6 Å². The Morgan fingerprint density at radius 2 is 1.72 bits per heavy atom. The van der Waals surface area contributed by atoms with Gasteiger partial charge in [-0.05, 0) is 37.2 Å². The van der Waals surface area contributed by atoms with Crippen LogP contribution in [0.4, 0.5) is 0 Å². The third kappa shape index (κ3) is 10.4. The number of hydrogen-bond donors (Lipinski definition) is 4. The molecule has 3 atom stereocenters. The number of primary amides is 1. The number of benzene rings is 1. The van der Waals surface area contributed by atoms with Gasteiger partial charge in [-0.2, -0.15) is 0 Å². The lowest BCUT2D eigenvalue weighted by Gasteiger charge is -2.23. The van der Waals surface area contributed by atoms with Crippen LogP contribution in [-0.4, -0.2) is 43.2 Å². The molecule has 1 rings (SSSR count). The average Bonchev–Trinajstić information content (AvgIpc) is 2.74. The third-order valence-electron chi connectivity index (χ3n) is 5.37. The molecule has 0 heterocycles. The Labute approximate surface area is 191 Å². The molecular formula is C24H39N5O3. The van der Waals surface area contributed by atoms with Crippen molar-refractivity contribution in [3.8, 4) is 0 Å². The number of carbonyl (C=O) groups excluding carboxylic acids is 3. The number of carbonyl (C=O) groups is 3. The molecule has 0 saturated heterocycles. The van der Waals surface area contributed by atoms with Gasteiger partial charge in [0.1, 0.15) is 0 Å². The lowest BCUT2D eigenvalue weighted by molar-refractivity contribution is -0.132. The van der Waals surface area contributed by atoms with E-state index in [0.29, 0.717) is 37.7 Å². The summed E-state index contributed by atoms with van der Waals surface area (Å²) in [5.74, 6) is -1.00. The van der Waals surface area contributed by atoms with E-state index in [1.165, 1.54) is 0 Å². The Hall–Kier alpha value is -2.90. The quantitative estimate of drug-likeness (QED) is 0.196. The molecule has 0 bridgehead atoms. The molecule has 6 N–H and O–H groups in total. The summed E-state index contributed by atoms with van der Waals surface area (Å²) >= 11 is 0. The van der Waals surface area contributed by atoms with Gasteiger partial charge in [0.2, 0.25) is 11.8 Å². The summed E-state index contributed by atoms with van der Waals surface area (Å²) in [6.07, 6.45) is 2.14. The van der Waals surface area contributed by atoms with Crippen molar-refractivity contribution >= 4 is 23.6 Å². The van der Waals surface area contributed by atoms with Crippen molar-refractivity contribution in [2.24, 2.45) is 34.2 Å². The number of Topliss-reactive ketones (excluding diaryl/α,β-unsaturated/α-hetero) is 1. The molecule has 2 amide bonds. The second-order valence-corrected chi connectivity index (χ2v) is 8.73. The summed E-state index contributed by atoms with van der Waals surface area (Å²) in [4.78, 5) is 41.7. The van der Waals surface area contributed by atoms with Gasteiger partial charge < -0.3 is 22.1 Å². The minimum Gasteiger partial charge on any atom is -0.370 e. The van der Waals surface area contributed by atoms with E-state index in [2.05, 4.69) is 29.5 Å². The molecule has 0 unspecified atom stereocenters. The van der Waals surface area contributed by atoms with E-state index in [1.54, 1.807) is 7.05 Å². The maximum Gasteiger partial charge on any atom is 0.223 e. The second kappa shape index (κ2) is 14.2. The van der Waals surface area contributed by atoms with Gasteiger partial charge >= 0.3 is 0 Å². The number of aliphatic imine (C=N–C) groups is 1. The monoisotopic (exact) mass is 445 g/mol. The summed E-state index contributed by atoms with van der Waals surface area (Å²) in [6, 6.07) is 8.77. The molecule has 0 radical (unpaired) electrons.